The second kappa shape index (κ2) is 4.30. The summed E-state index contributed by atoms with van der Waals surface area (Å²) in [7, 11) is 0. The molecule has 0 unspecified atom stereocenters. The molecule has 0 aliphatic rings. The van der Waals surface area contributed by atoms with Crippen LogP contribution < -0.4 is 11.1 Å². The van der Waals surface area contributed by atoms with E-state index in [4.69, 9.17) is 5.73 Å². The first-order chi connectivity index (χ1) is 8.02. The second-order valence-corrected chi connectivity index (χ2v) is 4.86. The molecule has 0 amide bonds. The first-order valence-electron chi connectivity index (χ1n) is 5.73. The number of nitrogens with one attached hydrogen (secondary N) is 1. The smallest absolute Gasteiger partial charge is 0.148 e. The van der Waals surface area contributed by atoms with Crippen LogP contribution in [0.1, 0.15) is 19.5 Å². The first-order valence-corrected chi connectivity index (χ1v) is 5.73. The van der Waals surface area contributed by atoms with Crippen molar-refractivity contribution >= 4 is 16.9 Å². The van der Waals surface area contributed by atoms with Crippen LogP contribution in [0.2, 0.25) is 0 Å². The van der Waals surface area contributed by atoms with E-state index in [1.54, 1.807) is 0 Å². The fourth-order valence-corrected chi connectivity index (χ4v) is 1.58. The predicted octanol–water partition coefficient (Wildman–Crippen LogP) is 2.09. The van der Waals surface area contributed by atoms with Crippen LogP contribution in [0.5, 0.6) is 0 Å². The normalized spacial score (nSPS) is 11.8. The number of para-hydroxylation sites is 2. The minimum atomic E-state index is -0.179. The number of hydrogen-bond acceptors (Lipinski definition) is 4. The maximum Gasteiger partial charge on any atom is 0.148 e. The van der Waals surface area contributed by atoms with Crippen LogP contribution in [-0.2, 0) is 0 Å². The molecule has 0 saturated heterocycles. The molecule has 0 radical (unpaired) electrons. The summed E-state index contributed by atoms with van der Waals surface area (Å²) in [5, 5.41) is 3.33. The van der Waals surface area contributed by atoms with E-state index >= 15 is 0 Å². The highest BCUT2D eigenvalue weighted by Crippen LogP contribution is 2.19. The maximum atomic E-state index is 5.71. The van der Waals surface area contributed by atoms with Gasteiger partial charge in [0.25, 0.3) is 0 Å². The Balaban J connectivity index is 2.44. The van der Waals surface area contributed by atoms with Crippen molar-refractivity contribution in [2.75, 3.05) is 11.9 Å². The molecule has 1 aromatic heterocycles. The molecular formula is C13H18N4. The summed E-state index contributed by atoms with van der Waals surface area (Å²) < 4.78 is 0. The molecule has 3 N–H and O–H groups in total. The van der Waals surface area contributed by atoms with Crippen molar-refractivity contribution in [3.05, 3.63) is 30.0 Å². The minimum Gasteiger partial charge on any atom is -0.362 e. The Hall–Kier alpha value is -1.68. The highest BCUT2D eigenvalue weighted by molar-refractivity contribution is 5.76. The number of nitrogens with two attached hydrogens (primary N) is 1. The van der Waals surface area contributed by atoms with Gasteiger partial charge in [-0.15, -0.1) is 0 Å². The van der Waals surface area contributed by atoms with Gasteiger partial charge < -0.3 is 11.1 Å². The van der Waals surface area contributed by atoms with Gasteiger partial charge >= 0.3 is 0 Å². The molecule has 17 heavy (non-hydrogen) atoms. The van der Waals surface area contributed by atoms with E-state index < -0.39 is 0 Å². The van der Waals surface area contributed by atoms with Crippen LogP contribution in [0.3, 0.4) is 0 Å². The van der Waals surface area contributed by atoms with Crippen LogP contribution in [0, 0.1) is 6.92 Å². The summed E-state index contributed by atoms with van der Waals surface area (Å²) >= 11 is 0. The molecule has 0 atom stereocenters. The molecule has 0 fully saturated rings. The zero-order chi connectivity index (χ0) is 12.5. The second-order valence-electron chi connectivity index (χ2n) is 4.86. The molecule has 90 valence electrons. The summed E-state index contributed by atoms with van der Waals surface area (Å²) in [6.07, 6.45) is 0. The molecule has 4 heteroatoms. The summed E-state index contributed by atoms with van der Waals surface area (Å²) in [6.45, 7) is 6.59. The third kappa shape index (κ3) is 2.53. The monoisotopic (exact) mass is 230 g/mol. The van der Waals surface area contributed by atoms with E-state index in [0.29, 0.717) is 6.54 Å². The number of hydrogen-bond donors (Lipinski definition) is 2. The Labute approximate surface area is 101 Å². The Morgan fingerprint density at radius 1 is 1.18 bits per heavy atom. The van der Waals surface area contributed by atoms with Crippen molar-refractivity contribution < 1.29 is 0 Å². The van der Waals surface area contributed by atoms with Crippen molar-refractivity contribution in [2.45, 2.75) is 26.3 Å². The molecule has 0 aliphatic heterocycles. The minimum absolute atomic E-state index is 0.179. The number of fused-ring (bicyclic) bond motifs is 1. The number of nitrogens with zero attached hydrogens (tertiary/aromatic N) is 2. The van der Waals surface area contributed by atoms with E-state index in [1.807, 2.05) is 45.0 Å². The fourth-order valence-electron chi connectivity index (χ4n) is 1.58. The lowest BCUT2D eigenvalue weighted by molar-refractivity contribution is 0.576. The molecule has 2 aromatic rings. The standard InChI is InChI=1S/C13H18N4/c1-9-12(17-13(2,3)8-14)16-11-7-5-4-6-10(11)15-9/h4-7H,8,14H2,1-3H3,(H,16,17). The van der Waals surface area contributed by atoms with E-state index in [2.05, 4.69) is 15.3 Å². The molecule has 0 saturated carbocycles. The van der Waals surface area contributed by atoms with Crippen molar-refractivity contribution in [3.63, 3.8) is 0 Å². The van der Waals surface area contributed by atoms with Crippen LogP contribution in [0.25, 0.3) is 11.0 Å². The number of aromatic nitrogens is 2. The largest absolute Gasteiger partial charge is 0.362 e. The molecule has 1 aromatic carbocycles. The molecule has 0 bridgehead atoms. The summed E-state index contributed by atoms with van der Waals surface area (Å²) in [4.78, 5) is 9.11. The number of aryl methyl sites for hydroxylation is 1. The SMILES string of the molecule is Cc1nc2ccccc2nc1NC(C)(C)CN. The zero-order valence-corrected chi connectivity index (χ0v) is 10.5. The lowest BCUT2D eigenvalue weighted by atomic mass is 10.1. The lowest BCUT2D eigenvalue weighted by Crippen LogP contribution is -2.39. The van der Waals surface area contributed by atoms with Crippen molar-refractivity contribution in [1.29, 1.82) is 0 Å². The van der Waals surface area contributed by atoms with Crippen molar-refractivity contribution in [1.82, 2.24) is 9.97 Å². The molecule has 0 aliphatic carbocycles. The number of benzene rings is 1. The maximum absolute atomic E-state index is 5.71. The molecule has 1 heterocycles. The Bertz CT molecular complexity index is 534. The van der Waals surface area contributed by atoms with Gasteiger partial charge in [0.15, 0.2) is 0 Å². The average molecular weight is 230 g/mol. The Kier molecular flexibility index (Phi) is 2.98. The molecule has 4 nitrogen and oxygen atoms in total. The predicted molar refractivity (Wildman–Crippen MR) is 71.0 cm³/mol. The summed E-state index contributed by atoms with van der Waals surface area (Å²) in [5.41, 5.74) is 8.24. The third-order valence-electron chi connectivity index (χ3n) is 2.71. The zero-order valence-electron chi connectivity index (χ0n) is 10.5. The lowest BCUT2D eigenvalue weighted by Gasteiger charge is -2.25. The van der Waals surface area contributed by atoms with Crippen LogP contribution in [-0.4, -0.2) is 22.1 Å². The van der Waals surface area contributed by atoms with Crippen LogP contribution in [0.15, 0.2) is 24.3 Å². The topological polar surface area (TPSA) is 63.8 Å². The van der Waals surface area contributed by atoms with Crippen molar-refractivity contribution in [2.24, 2.45) is 5.73 Å². The van der Waals surface area contributed by atoms with Gasteiger partial charge in [-0.2, -0.15) is 0 Å². The van der Waals surface area contributed by atoms with Gasteiger partial charge in [0.2, 0.25) is 0 Å². The molecule has 2 rings (SSSR count). The van der Waals surface area contributed by atoms with Gasteiger partial charge in [-0.3, -0.25) is 0 Å². The first kappa shape index (κ1) is 11.8. The van der Waals surface area contributed by atoms with E-state index in [0.717, 1.165) is 22.5 Å². The van der Waals surface area contributed by atoms with E-state index in [1.165, 1.54) is 0 Å². The van der Waals surface area contributed by atoms with E-state index in [-0.39, 0.29) is 5.54 Å². The quantitative estimate of drug-likeness (QED) is 0.847. The number of anilines is 1. The van der Waals surface area contributed by atoms with E-state index in [9.17, 15) is 0 Å². The highest BCUT2D eigenvalue weighted by Gasteiger charge is 2.17. The highest BCUT2D eigenvalue weighted by atomic mass is 15.1. The Morgan fingerprint density at radius 2 is 1.76 bits per heavy atom. The summed E-state index contributed by atoms with van der Waals surface area (Å²) in [5.74, 6) is 0.805. The van der Waals surface area contributed by atoms with Gasteiger partial charge in [-0.25, -0.2) is 9.97 Å². The number of rotatable bonds is 3. The van der Waals surface area contributed by atoms with Gasteiger partial charge in [-0.1, -0.05) is 12.1 Å². The average Bonchev–Trinajstić information content (AvgIpc) is 2.30. The fraction of sp³-hybridized carbons (Fsp3) is 0.385. The van der Waals surface area contributed by atoms with Gasteiger partial charge in [0.05, 0.1) is 16.7 Å². The molecule has 0 spiro atoms. The Morgan fingerprint density at radius 3 is 2.35 bits per heavy atom. The van der Waals surface area contributed by atoms with Gasteiger partial charge in [0, 0.05) is 12.1 Å². The van der Waals surface area contributed by atoms with Crippen LogP contribution in [0.4, 0.5) is 5.82 Å². The molecular weight excluding hydrogens is 212 g/mol. The van der Waals surface area contributed by atoms with Crippen molar-refractivity contribution in [3.8, 4) is 0 Å². The van der Waals surface area contributed by atoms with Gasteiger partial charge in [-0.05, 0) is 32.9 Å². The van der Waals surface area contributed by atoms with Crippen LogP contribution >= 0.6 is 0 Å². The summed E-state index contributed by atoms with van der Waals surface area (Å²) in [6, 6.07) is 7.85. The third-order valence-corrected chi connectivity index (χ3v) is 2.71. The van der Waals surface area contributed by atoms with Gasteiger partial charge in [0.1, 0.15) is 5.82 Å².